The maximum atomic E-state index is 6.26. The molecule has 0 aliphatic carbocycles. The van der Waals surface area contributed by atoms with E-state index in [4.69, 9.17) is 16.6 Å². The standard InChI is InChI=1S/C24H21ClN8/c25-19-3-5-23-22(14-19)24(15-20(29-23)4-2-18-6-9-26-10-7-18)27-11-13-33-17-21(30-31-33)16-32-12-1-8-28-32/h1-10,12,14-15,17H,11,13,16H2,(H,27,29)/b4-2+. The van der Waals surface area contributed by atoms with Crippen LogP contribution in [0.5, 0.6) is 0 Å². The fourth-order valence-corrected chi connectivity index (χ4v) is 3.66. The Morgan fingerprint density at radius 1 is 1.00 bits per heavy atom. The largest absolute Gasteiger partial charge is 0.383 e. The lowest BCUT2D eigenvalue weighted by Gasteiger charge is -2.11. The summed E-state index contributed by atoms with van der Waals surface area (Å²) in [4.78, 5) is 8.81. The van der Waals surface area contributed by atoms with Gasteiger partial charge in [0, 0.05) is 47.4 Å². The maximum Gasteiger partial charge on any atom is 0.104 e. The Labute approximate surface area is 195 Å². The van der Waals surface area contributed by atoms with Gasteiger partial charge in [-0.3, -0.25) is 14.3 Å². The number of fused-ring (bicyclic) bond motifs is 1. The molecule has 0 saturated heterocycles. The predicted molar refractivity (Wildman–Crippen MR) is 130 cm³/mol. The average molecular weight is 457 g/mol. The molecule has 0 aliphatic heterocycles. The van der Waals surface area contributed by atoms with Crippen LogP contribution in [0.3, 0.4) is 0 Å². The lowest BCUT2D eigenvalue weighted by Crippen LogP contribution is -2.11. The fourth-order valence-electron chi connectivity index (χ4n) is 3.49. The van der Waals surface area contributed by atoms with Crippen molar-refractivity contribution in [1.82, 2.24) is 34.7 Å². The van der Waals surface area contributed by atoms with Crippen molar-refractivity contribution in [3.05, 3.63) is 95.4 Å². The lowest BCUT2D eigenvalue weighted by atomic mass is 10.1. The predicted octanol–water partition coefficient (Wildman–Crippen LogP) is 4.40. The average Bonchev–Trinajstić information content (AvgIpc) is 3.51. The molecule has 0 unspecified atom stereocenters. The molecule has 0 fully saturated rings. The summed E-state index contributed by atoms with van der Waals surface area (Å²) >= 11 is 6.26. The number of rotatable bonds is 8. The Morgan fingerprint density at radius 3 is 2.76 bits per heavy atom. The monoisotopic (exact) mass is 456 g/mol. The van der Waals surface area contributed by atoms with E-state index in [0.29, 0.717) is 24.7 Å². The summed E-state index contributed by atoms with van der Waals surface area (Å²) in [5, 5.41) is 17.8. The lowest BCUT2D eigenvalue weighted by molar-refractivity contribution is 0.608. The van der Waals surface area contributed by atoms with E-state index in [1.54, 1.807) is 18.6 Å². The van der Waals surface area contributed by atoms with Gasteiger partial charge in [-0.25, -0.2) is 4.98 Å². The van der Waals surface area contributed by atoms with Gasteiger partial charge in [0.05, 0.1) is 30.5 Å². The van der Waals surface area contributed by atoms with Gasteiger partial charge >= 0.3 is 0 Å². The Morgan fingerprint density at radius 2 is 1.91 bits per heavy atom. The van der Waals surface area contributed by atoms with Crippen LogP contribution in [0.15, 0.2) is 73.4 Å². The highest BCUT2D eigenvalue weighted by molar-refractivity contribution is 6.31. The van der Waals surface area contributed by atoms with Crippen molar-refractivity contribution in [3.63, 3.8) is 0 Å². The Kier molecular flexibility index (Phi) is 6.08. The first kappa shape index (κ1) is 20.8. The molecule has 1 aromatic carbocycles. The quantitative estimate of drug-likeness (QED) is 0.372. The van der Waals surface area contributed by atoms with Gasteiger partial charge in [-0.2, -0.15) is 5.10 Å². The van der Waals surface area contributed by atoms with Crippen molar-refractivity contribution in [2.75, 3.05) is 11.9 Å². The molecule has 0 bridgehead atoms. The highest BCUT2D eigenvalue weighted by Gasteiger charge is 2.07. The molecule has 5 rings (SSSR count). The zero-order chi connectivity index (χ0) is 22.5. The summed E-state index contributed by atoms with van der Waals surface area (Å²) in [6.45, 7) is 1.93. The summed E-state index contributed by atoms with van der Waals surface area (Å²) in [5.74, 6) is 0. The van der Waals surface area contributed by atoms with Crippen molar-refractivity contribution in [2.45, 2.75) is 13.1 Å². The normalized spacial score (nSPS) is 11.4. The summed E-state index contributed by atoms with van der Waals surface area (Å²) in [7, 11) is 0. The first-order valence-electron chi connectivity index (χ1n) is 10.5. The van der Waals surface area contributed by atoms with E-state index in [2.05, 4.69) is 25.7 Å². The highest BCUT2D eigenvalue weighted by atomic mass is 35.5. The topological polar surface area (TPSA) is 86.3 Å². The van der Waals surface area contributed by atoms with Crippen molar-refractivity contribution in [3.8, 4) is 0 Å². The molecule has 0 saturated carbocycles. The van der Waals surface area contributed by atoms with E-state index < -0.39 is 0 Å². The smallest absolute Gasteiger partial charge is 0.104 e. The third kappa shape index (κ3) is 5.24. The minimum Gasteiger partial charge on any atom is -0.383 e. The fraction of sp³-hybridized carbons (Fsp3) is 0.125. The summed E-state index contributed by atoms with van der Waals surface area (Å²) in [5.41, 5.74) is 4.62. The molecule has 4 aromatic heterocycles. The van der Waals surface area contributed by atoms with Crippen molar-refractivity contribution < 1.29 is 0 Å². The molecule has 33 heavy (non-hydrogen) atoms. The third-order valence-corrected chi connectivity index (χ3v) is 5.30. The number of pyridine rings is 2. The molecule has 8 nitrogen and oxygen atoms in total. The van der Waals surface area contributed by atoms with E-state index in [-0.39, 0.29) is 0 Å². The van der Waals surface area contributed by atoms with Crippen LogP contribution in [0, 0.1) is 0 Å². The van der Waals surface area contributed by atoms with Crippen LogP contribution < -0.4 is 5.32 Å². The van der Waals surface area contributed by atoms with Crippen LogP contribution in [-0.2, 0) is 13.1 Å². The van der Waals surface area contributed by atoms with Gasteiger partial charge in [0.25, 0.3) is 0 Å². The Hall–Kier alpha value is -4.04. The number of hydrogen-bond acceptors (Lipinski definition) is 6. The Balaban J connectivity index is 1.32. The van der Waals surface area contributed by atoms with Gasteiger partial charge in [0.2, 0.25) is 0 Å². The summed E-state index contributed by atoms with van der Waals surface area (Å²) in [6.07, 6.45) is 13.1. The van der Waals surface area contributed by atoms with Crippen LogP contribution in [-0.4, -0.2) is 41.3 Å². The number of halogens is 1. The van der Waals surface area contributed by atoms with Crippen LogP contribution in [0.2, 0.25) is 5.02 Å². The first-order chi connectivity index (χ1) is 16.2. The van der Waals surface area contributed by atoms with Crippen LogP contribution >= 0.6 is 11.6 Å². The Bertz CT molecular complexity index is 1380. The highest BCUT2D eigenvalue weighted by Crippen LogP contribution is 2.27. The van der Waals surface area contributed by atoms with E-state index in [1.165, 1.54) is 0 Å². The van der Waals surface area contributed by atoms with Gasteiger partial charge < -0.3 is 5.32 Å². The number of anilines is 1. The van der Waals surface area contributed by atoms with Gasteiger partial charge in [0.15, 0.2) is 0 Å². The van der Waals surface area contributed by atoms with E-state index in [1.807, 2.05) is 76.4 Å². The van der Waals surface area contributed by atoms with Gasteiger partial charge in [-0.05, 0) is 54.1 Å². The second kappa shape index (κ2) is 9.62. The second-order valence-corrected chi connectivity index (χ2v) is 7.91. The molecule has 164 valence electrons. The molecule has 0 spiro atoms. The molecule has 0 atom stereocenters. The molecule has 0 radical (unpaired) electrons. The zero-order valence-electron chi connectivity index (χ0n) is 17.7. The van der Waals surface area contributed by atoms with Crippen molar-refractivity contribution in [2.24, 2.45) is 0 Å². The van der Waals surface area contributed by atoms with Crippen LogP contribution in [0.25, 0.3) is 23.1 Å². The summed E-state index contributed by atoms with van der Waals surface area (Å²) < 4.78 is 3.65. The molecule has 5 aromatic rings. The van der Waals surface area contributed by atoms with Crippen LogP contribution in [0.1, 0.15) is 17.0 Å². The summed E-state index contributed by atoms with van der Waals surface area (Å²) in [6, 6.07) is 13.5. The van der Waals surface area contributed by atoms with E-state index in [9.17, 15) is 0 Å². The van der Waals surface area contributed by atoms with Crippen molar-refractivity contribution >= 4 is 40.3 Å². The number of hydrogen-bond donors (Lipinski definition) is 1. The molecular weight excluding hydrogens is 436 g/mol. The van der Waals surface area contributed by atoms with E-state index >= 15 is 0 Å². The van der Waals surface area contributed by atoms with Gasteiger partial charge in [0.1, 0.15) is 5.69 Å². The zero-order valence-corrected chi connectivity index (χ0v) is 18.5. The van der Waals surface area contributed by atoms with Crippen molar-refractivity contribution in [1.29, 1.82) is 0 Å². The third-order valence-electron chi connectivity index (χ3n) is 5.07. The number of nitrogens with one attached hydrogen (secondary N) is 1. The van der Waals surface area contributed by atoms with E-state index in [0.717, 1.165) is 33.5 Å². The molecular formula is C24H21ClN8. The maximum absolute atomic E-state index is 6.26. The minimum absolute atomic E-state index is 0.598. The molecule has 0 aliphatic rings. The first-order valence-corrected chi connectivity index (χ1v) is 10.9. The molecule has 4 heterocycles. The molecule has 9 heteroatoms. The van der Waals surface area contributed by atoms with Gasteiger partial charge in [-0.1, -0.05) is 22.9 Å². The molecule has 0 amide bonds. The SMILES string of the molecule is Clc1ccc2nc(/C=C/c3ccncc3)cc(NCCn3cc(Cn4cccn4)nn3)c2c1. The second-order valence-electron chi connectivity index (χ2n) is 7.47. The van der Waals surface area contributed by atoms with Gasteiger partial charge in [-0.15, -0.1) is 5.10 Å². The number of nitrogens with zero attached hydrogens (tertiary/aromatic N) is 7. The number of aromatic nitrogens is 7. The minimum atomic E-state index is 0.598. The molecule has 1 N–H and O–H groups in total. The number of benzene rings is 1. The van der Waals surface area contributed by atoms with Crippen LogP contribution in [0.4, 0.5) is 5.69 Å².